The van der Waals surface area contributed by atoms with E-state index in [0.717, 1.165) is 19.4 Å². The molecule has 0 aromatic heterocycles. The van der Waals surface area contributed by atoms with E-state index >= 15 is 0 Å². The van der Waals surface area contributed by atoms with Crippen molar-refractivity contribution in [1.29, 1.82) is 0 Å². The van der Waals surface area contributed by atoms with Gasteiger partial charge in [0.15, 0.2) is 0 Å². The highest BCUT2D eigenvalue weighted by molar-refractivity contribution is 4.81. The third-order valence-corrected chi connectivity index (χ3v) is 2.41. The Morgan fingerprint density at radius 1 is 1.67 bits per heavy atom. The van der Waals surface area contributed by atoms with Crippen molar-refractivity contribution in [2.75, 3.05) is 26.7 Å². The van der Waals surface area contributed by atoms with Gasteiger partial charge in [-0.25, -0.2) is 0 Å². The van der Waals surface area contributed by atoms with Gasteiger partial charge in [-0.05, 0) is 26.4 Å². The van der Waals surface area contributed by atoms with Crippen molar-refractivity contribution in [3.8, 4) is 0 Å². The first-order valence-electron chi connectivity index (χ1n) is 4.48. The SMILES string of the molecule is CN1CCCC1C(O)NCCO. The minimum atomic E-state index is -0.496. The molecule has 12 heavy (non-hydrogen) atoms. The fourth-order valence-corrected chi connectivity index (χ4v) is 1.68. The van der Waals surface area contributed by atoms with Gasteiger partial charge in [0.05, 0.1) is 6.61 Å². The van der Waals surface area contributed by atoms with Crippen molar-refractivity contribution in [2.24, 2.45) is 0 Å². The second-order valence-corrected chi connectivity index (χ2v) is 3.31. The Kier molecular flexibility index (Phi) is 3.94. The Bertz CT molecular complexity index is 132. The molecule has 0 saturated carbocycles. The van der Waals surface area contributed by atoms with E-state index in [0.29, 0.717) is 6.54 Å². The molecule has 1 saturated heterocycles. The zero-order valence-electron chi connectivity index (χ0n) is 7.53. The summed E-state index contributed by atoms with van der Waals surface area (Å²) >= 11 is 0. The van der Waals surface area contributed by atoms with Crippen LogP contribution in [0.5, 0.6) is 0 Å². The van der Waals surface area contributed by atoms with Gasteiger partial charge in [0.2, 0.25) is 0 Å². The van der Waals surface area contributed by atoms with Crippen LogP contribution in [0.3, 0.4) is 0 Å². The summed E-state index contributed by atoms with van der Waals surface area (Å²) in [7, 11) is 2.02. The van der Waals surface area contributed by atoms with Crippen molar-refractivity contribution in [3.05, 3.63) is 0 Å². The van der Waals surface area contributed by atoms with E-state index in [1.54, 1.807) is 0 Å². The van der Waals surface area contributed by atoms with Gasteiger partial charge in [-0.1, -0.05) is 0 Å². The van der Waals surface area contributed by atoms with E-state index in [-0.39, 0.29) is 12.6 Å². The quantitative estimate of drug-likeness (QED) is 0.478. The van der Waals surface area contributed by atoms with Crippen LogP contribution in [-0.2, 0) is 0 Å². The van der Waals surface area contributed by atoms with Crippen molar-refractivity contribution >= 4 is 0 Å². The molecular formula is C8H18N2O2. The largest absolute Gasteiger partial charge is 0.395 e. The summed E-state index contributed by atoms with van der Waals surface area (Å²) in [5.41, 5.74) is 0. The molecule has 1 rings (SSSR count). The summed E-state index contributed by atoms with van der Waals surface area (Å²) in [6.45, 7) is 1.60. The highest BCUT2D eigenvalue weighted by Crippen LogP contribution is 2.16. The van der Waals surface area contributed by atoms with E-state index in [2.05, 4.69) is 10.2 Å². The molecule has 1 heterocycles. The number of likely N-dealkylation sites (tertiary alicyclic amines) is 1. The topological polar surface area (TPSA) is 55.7 Å². The van der Waals surface area contributed by atoms with E-state index in [1.807, 2.05) is 7.05 Å². The Hall–Kier alpha value is -0.160. The summed E-state index contributed by atoms with van der Waals surface area (Å²) in [6.07, 6.45) is 1.69. The number of aliphatic hydroxyl groups is 2. The molecule has 1 aliphatic rings. The van der Waals surface area contributed by atoms with Crippen molar-refractivity contribution in [1.82, 2.24) is 10.2 Å². The van der Waals surface area contributed by atoms with E-state index in [4.69, 9.17) is 5.11 Å². The van der Waals surface area contributed by atoms with E-state index in [1.165, 1.54) is 0 Å². The molecule has 0 spiro atoms. The lowest BCUT2D eigenvalue weighted by Crippen LogP contribution is -2.46. The van der Waals surface area contributed by atoms with E-state index in [9.17, 15) is 5.11 Å². The number of nitrogens with one attached hydrogen (secondary N) is 1. The molecule has 0 aromatic rings. The minimum absolute atomic E-state index is 0.0769. The minimum Gasteiger partial charge on any atom is -0.395 e. The Morgan fingerprint density at radius 2 is 2.42 bits per heavy atom. The molecule has 72 valence electrons. The van der Waals surface area contributed by atoms with Gasteiger partial charge < -0.3 is 10.2 Å². The van der Waals surface area contributed by atoms with Crippen molar-refractivity contribution < 1.29 is 10.2 Å². The highest BCUT2D eigenvalue weighted by atomic mass is 16.3. The van der Waals surface area contributed by atoms with Crippen LogP contribution in [0.4, 0.5) is 0 Å². The molecule has 0 aromatic carbocycles. The summed E-state index contributed by atoms with van der Waals surface area (Å²) < 4.78 is 0. The number of likely N-dealkylation sites (N-methyl/N-ethyl adjacent to an activating group) is 1. The number of aliphatic hydroxyl groups excluding tert-OH is 2. The molecule has 2 unspecified atom stereocenters. The summed E-state index contributed by atoms with van der Waals surface area (Å²) in [5, 5.41) is 21.0. The predicted molar refractivity (Wildman–Crippen MR) is 46.7 cm³/mol. The van der Waals surface area contributed by atoms with Crippen LogP contribution in [-0.4, -0.2) is 54.1 Å². The van der Waals surface area contributed by atoms with Gasteiger partial charge in [-0.2, -0.15) is 0 Å². The van der Waals surface area contributed by atoms with Crippen molar-refractivity contribution in [3.63, 3.8) is 0 Å². The van der Waals surface area contributed by atoms with Crippen LogP contribution in [0, 0.1) is 0 Å². The van der Waals surface area contributed by atoms with Gasteiger partial charge >= 0.3 is 0 Å². The second-order valence-electron chi connectivity index (χ2n) is 3.31. The number of hydrogen-bond acceptors (Lipinski definition) is 4. The molecule has 0 aliphatic carbocycles. The maximum Gasteiger partial charge on any atom is 0.120 e. The van der Waals surface area contributed by atoms with Crippen LogP contribution >= 0.6 is 0 Å². The molecular weight excluding hydrogens is 156 g/mol. The normalized spacial score (nSPS) is 27.8. The molecule has 1 aliphatic heterocycles. The third-order valence-electron chi connectivity index (χ3n) is 2.41. The maximum atomic E-state index is 9.59. The number of nitrogens with zero attached hydrogens (tertiary/aromatic N) is 1. The zero-order chi connectivity index (χ0) is 8.97. The average Bonchev–Trinajstić information content (AvgIpc) is 2.47. The summed E-state index contributed by atoms with van der Waals surface area (Å²) in [4.78, 5) is 2.15. The molecule has 3 N–H and O–H groups in total. The first-order chi connectivity index (χ1) is 5.75. The maximum absolute atomic E-state index is 9.59. The monoisotopic (exact) mass is 174 g/mol. The van der Waals surface area contributed by atoms with Crippen LogP contribution in [0.15, 0.2) is 0 Å². The number of rotatable bonds is 4. The van der Waals surface area contributed by atoms with Crippen LogP contribution in [0.2, 0.25) is 0 Å². The average molecular weight is 174 g/mol. The van der Waals surface area contributed by atoms with Gasteiger partial charge in [-0.15, -0.1) is 0 Å². The van der Waals surface area contributed by atoms with Crippen LogP contribution < -0.4 is 5.32 Å². The lowest BCUT2D eigenvalue weighted by Gasteiger charge is -2.25. The second kappa shape index (κ2) is 4.77. The molecule has 2 atom stereocenters. The zero-order valence-corrected chi connectivity index (χ0v) is 7.53. The molecule has 0 amide bonds. The molecule has 1 fully saturated rings. The van der Waals surface area contributed by atoms with Crippen LogP contribution in [0.1, 0.15) is 12.8 Å². The fourth-order valence-electron chi connectivity index (χ4n) is 1.68. The van der Waals surface area contributed by atoms with E-state index < -0.39 is 6.23 Å². The number of hydrogen-bond donors (Lipinski definition) is 3. The predicted octanol–water partition coefficient (Wildman–Crippen LogP) is -1.02. The molecule has 4 nitrogen and oxygen atoms in total. The lowest BCUT2D eigenvalue weighted by molar-refractivity contribution is 0.0538. The molecule has 0 bridgehead atoms. The molecule has 4 heteroatoms. The summed E-state index contributed by atoms with van der Waals surface area (Å²) in [6, 6.07) is 0.219. The van der Waals surface area contributed by atoms with Crippen molar-refractivity contribution in [2.45, 2.75) is 25.1 Å². The van der Waals surface area contributed by atoms with Gasteiger partial charge in [0.25, 0.3) is 0 Å². The van der Waals surface area contributed by atoms with Gasteiger partial charge in [0, 0.05) is 12.6 Å². The Balaban J connectivity index is 2.25. The third kappa shape index (κ3) is 2.42. The van der Waals surface area contributed by atoms with Gasteiger partial charge in [-0.3, -0.25) is 10.2 Å². The smallest absolute Gasteiger partial charge is 0.120 e. The highest BCUT2D eigenvalue weighted by Gasteiger charge is 2.26. The summed E-state index contributed by atoms with van der Waals surface area (Å²) in [5.74, 6) is 0. The first-order valence-corrected chi connectivity index (χ1v) is 4.48. The first kappa shape index (κ1) is 9.92. The van der Waals surface area contributed by atoms with Gasteiger partial charge in [0.1, 0.15) is 6.23 Å². The Morgan fingerprint density at radius 3 is 2.92 bits per heavy atom. The lowest BCUT2D eigenvalue weighted by atomic mass is 10.2. The molecule has 0 radical (unpaired) electrons. The standard InChI is InChI=1S/C8H18N2O2/c1-10-5-2-3-7(10)8(12)9-4-6-11/h7-9,11-12H,2-6H2,1H3. The fraction of sp³-hybridized carbons (Fsp3) is 1.00. The van der Waals surface area contributed by atoms with Crippen LogP contribution in [0.25, 0.3) is 0 Å². The Labute approximate surface area is 73.2 Å².